The Bertz CT molecular complexity index is 562. The first-order chi connectivity index (χ1) is 8.39. The lowest BCUT2D eigenvalue weighted by molar-refractivity contribution is 0.476. The molecule has 0 aliphatic heterocycles. The Hall–Kier alpha value is -1.76. The molecular weight excluding hydrogens is 220 g/mol. The molecule has 0 atom stereocenters. The predicted molar refractivity (Wildman–Crippen MR) is 77.0 cm³/mol. The van der Waals surface area contributed by atoms with Crippen molar-refractivity contribution in [1.82, 2.24) is 0 Å². The molecule has 0 aliphatic carbocycles. The first-order valence-corrected chi connectivity index (χ1v) is 6.29. The Morgan fingerprint density at radius 2 is 1.56 bits per heavy atom. The van der Waals surface area contributed by atoms with Crippen molar-refractivity contribution in [2.24, 2.45) is 0 Å². The summed E-state index contributed by atoms with van der Waals surface area (Å²) in [6, 6.07) is 14.0. The van der Waals surface area contributed by atoms with Gasteiger partial charge in [0.1, 0.15) is 5.75 Å². The van der Waals surface area contributed by atoms with Crippen LogP contribution in [0.4, 0.5) is 0 Å². The highest BCUT2D eigenvalue weighted by atomic mass is 16.3. The smallest absolute Gasteiger partial charge is 0.123 e. The van der Waals surface area contributed by atoms with Gasteiger partial charge in [-0.2, -0.15) is 0 Å². The van der Waals surface area contributed by atoms with E-state index in [1.807, 2.05) is 18.2 Å². The van der Waals surface area contributed by atoms with E-state index in [1.54, 1.807) is 6.07 Å². The molecule has 0 saturated heterocycles. The summed E-state index contributed by atoms with van der Waals surface area (Å²) in [7, 11) is 0. The number of hydrogen-bond acceptors (Lipinski definition) is 1. The van der Waals surface area contributed by atoms with Gasteiger partial charge in [-0.3, -0.25) is 0 Å². The zero-order chi connectivity index (χ0) is 13.3. The molecular formula is C17H20O. The maximum absolute atomic E-state index is 10.1. The fourth-order valence-corrected chi connectivity index (χ4v) is 2.09. The molecule has 2 aromatic rings. The first kappa shape index (κ1) is 12.7. The van der Waals surface area contributed by atoms with E-state index in [2.05, 4.69) is 45.9 Å². The molecule has 1 nitrogen and oxygen atoms in total. The standard InChI is InChI=1S/C17H20O/c1-12-7-5-6-8-14(12)15-11-13(17(2,3)4)9-10-16(15)18/h5-11,18H,1-4H3. The Kier molecular flexibility index (Phi) is 3.16. The molecule has 0 spiro atoms. The molecule has 0 radical (unpaired) electrons. The summed E-state index contributed by atoms with van der Waals surface area (Å²) in [5.74, 6) is 0.345. The van der Waals surface area contributed by atoms with Crippen molar-refractivity contribution in [3.63, 3.8) is 0 Å². The van der Waals surface area contributed by atoms with Gasteiger partial charge in [0.05, 0.1) is 0 Å². The second kappa shape index (κ2) is 4.49. The quantitative estimate of drug-likeness (QED) is 0.768. The van der Waals surface area contributed by atoms with E-state index in [0.717, 1.165) is 11.1 Å². The van der Waals surface area contributed by atoms with Crippen LogP contribution in [0, 0.1) is 6.92 Å². The fraction of sp³-hybridized carbons (Fsp3) is 0.294. The zero-order valence-electron chi connectivity index (χ0n) is 11.5. The van der Waals surface area contributed by atoms with Gasteiger partial charge in [0.25, 0.3) is 0 Å². The van der Waals surface area contributed by atoms with Crippen molar-refractivity contribution in [2.45, 2.75) is 33.1 Å². The van der Waals surface area contributed by atoms with E-state index in [1.165, 1.54) is 11.1 Å². The fourth-order valence-electron chi connectivity index (χ4n) is 2.09. The van der Waals surface area contributed by atoms with Crippen LogP contribution < -0.4 is 0 Å². The van der Waals surface area contributed by atoms with Gasteiger partial charge < -0.3 is 5.11 Å². The van der Waals surface area contributed by atoms with Crippen LogP contribution in [0.3, 0.4) is 0 Å². The Labute approximate surface area is 109 Å². The number of phenolic OH excluding ortho intramolecular Hbond substituents is 1. The van der Waals surface area contributed by atoms with Crippen LogP contribution >= 0.6 is 0 Å². The lowest BCUT2D eigenvalue weighted by atomic mass is 9.85. The van der Waals surface area contributed by atoms with Gasteiger partial charge in [0, 0.05) is 5.56 Å². The van der Waals surface area contributed by atoms with E-state index in [4.69, 9.17) is 0 Å². The normalized spacial score (nSPS) is 11.6. The summed E-state index contributed by atoms with van der Waals surface area (Å²) in [5, 5.41) is 10.1. The summed E-state index contributed by atoms with van der Waals surface area (Å²) in [5.41, 5.74) is 4.52. The van der Waals surface area contributed by atoms with Crippen LogP contribution in [-0.2, 0) is 5.41 Å². The summed E-state index contributed by atoms with van der Waals surface area (Å²) < 4.78 is 0. The van der Waals surface area contributed by atoms with E-state index in [9.17, 15) is 5.11 Å². The average Bonchev–Trinajstić information content (AvgIpc) is 2.29. The molecule has 2 aromatic carbocycles. The Morgan fingerprint density at radius 3 is 2.17 bits per heavy atom. The Morgan fingerprint density at radius 1 is 0.889 bits per heavy atom. The second-order valence-electron chi connectivity index (χ2n) is 5.80. The molecule has 0 unspecified atom stereocenters. The first-order valence-electron chi connectivity index (χ1n) is 6.29. The largest absolute Gasteiger partial charge is 0.507 e. The monoisotopic (exact) mass is 240 g/mol. The third kappa shape index (κ3) is 2.40. The van der Waals surface area contributed by atoms with Crippen molar-refractivity contribution < 1.29 is 5.11 Å². The van der Waals surface area contributed by atoms with E-state index >= 15 is 0 Å². The molecule has 1 heteroatoms. The minimum absolute atomic E-state index is 0.0884. The third-order valence-electron chi connectivity index (χ3n) is 3.30. The van der Waals surface area contributed by atoms with Crippen LogP contribution in [0.5, 0.6) is 5.75 Å². The molecule has 0 fully saturated rings. The maximum atomic E-state index is 10.1. The topological polar surface area (TPSA) is 20.2 Å². The van der Waals surface area contributed by atoms with Crippen LogP contribution in [0.2, 0.25) is 0 Å². The van der Waals surface area contributed by atoms with Crippen molar-refractivity contribution in [2.75, 3.05) is 0 Å². The predicted octanol–water partition coefficient (Wildman–Crippen LogP) is 4.67. The minimum atomic E-state index is 0.0884. The van der Waals surface area contributed by atoms with Gasteiger partial charge in [-0.1, -0.05) is 51.1 Å². The van der Waals surface area contributed by atoms with Crippen LogP contribution in [-0.4, -0.2) is 5.11 Å². The molecule has 0 aliphatic rings. The SMILES string of the molecule is Cc1ccccc1-c1cc(C(C)(C)C)ccc1O. The highest BCUT2D eigenvalue weighted by molar-refractivity contribution is 5.73. The van der Waals surface area contributed by atoms with Crippen molar-refractivity contribution in [1.29, 1.82) is 0 Å². The van der Waals surface area contributed by atoms with Crippen molar-refractivity contribution in [3.8, 4) is 16.9 Å². The summed E-state index contributed by atoms with van der Waals surface area (Å²) in [6.07, 6.45) is 0. The number of rotatable bonds is 1. The van der Waals surface area contributed by atoms with Gasteiger partial charge in [-0.05, 0) is 41.2 Å². The lowest BCUT2D eigenvalue weighted by Gasteiger charge is -2.20. The molecule has 94 valence electrons. The third-order valence-corrected chi connectivity index (χ3v) is 3.30. The van der Waals surface area contributed by atoms with Gasteiger partial charge in [-0.15, -0.1) is 0 Å². The Balaban J connectivity index is 2.61. The number of hydrogen-bond donors (Lipinski definition) is 1. The van der Waals surface area contributed by atoms with Gasteiger partial charge in [0.2, 0.25) is 0 Å². The van der Waals surface area contributed by atoms with Gasteiger partial charge in [-0.25, -0.2) is 0 Å². The molecule has 0 amide bonds. The lowest BCUT2D eigenvalue weighted by Crippen LogP contribution is -2.10. The summed E-state index contributed by atoms with van der Waals surface area (Å²) in [4.78, 5) is 0. The van der Waals surface area contributed by atoms with E-state index in [0.29, 0.717) is 5.75 Å². The number of benzene rings is 2. The molecule has 2 rings (SSSR count). The van der Waals surface area contributed by atoms with Crippen molar-refractivity contribution in [3.05, 3.63) is 53.6 Å². The molecule has 18 heavy (non-hydrogen) atoms. The number of aryl methyl sites for hydroxylation is 1. The number of aromatic hydroxyl groups is 1. The second-order valence-corrected chi connectivity index (χ2v) is 5.80. The molecule has 1 N–H and O–H groups in total. The van der Waals surface area contributed by atoms with Crippen LogP contribution in [0.25, 0.3) is 11.1 Å². The molecule has 0 saturated carbocycles. The van der Waals surface area contributed by atoms with E-state index < -0.39 is 0 Å². The molecule has 0 aromatic heterocycles. The molecule has 0 bridgehead atoms. The maximum Gasteiger partial charge on any atom is 0.123 e. The van der Waals surface area contributed by atoms with Crippen LogP contribution in [0.15, 0.2) is 42.5 Å². The zero-order valence-corrected chi connectivity index (χ0v) is 11.5. The summed E-state index contributed by atoms with van der Waals surface area (Å²) >= 11 is 0. The highest BCUT2D eigenvalue weighted by Crippen LogP contribution is 2.35. The van der Waals surface area contributed by atoms with E-state index in [-0.39, 0.29) is 5.41 Å². The number of phenols is 1. The average molecular weight is 240 g/mol. The van der Waals surface area contributed by atoms with Crippen molar-refractivity contribution >= 4 is 0 Å². The highest BCUT2D eigenvalue weighted by Gasteiger charge is 2.16. The van der Waals surface area contributed by atoms with Gasteiger partial charge >= 0.3 is 0 Å². The van der Waals surface area contributed by atoms with Crippen LogP contribution in [0.1, 0.15) is 31.9 Å². The molecule has 0 heterocycles. The van der Waals surface area contributed by atoms with Gasteiger partial charge in [0.15, 0.2) is 0 Å². The minimum Gasteiger partial charge on any atom is -0.507 e. The summed E-state index contributed by atoms with van der Waals surface area (Å²) in [6.45, 7) is 8.61.